The number of alkyl halides is 3. The highest BCUT2D eigenvalue weighted by molar-refractivity contribution is 7.92. The summed E-state index contributed by atoms with van der Waals surface area (Å²) >= 11 is 0. The molecule has 1 saturated carbocycles. The fraction of sp³-hybridized carbons (Fsp3) is 0.308. The number of rotatable bonds is 2. The topological polar surface area (TPSA) is 34.1 Å². The molecule has 166 valence electrons. The summed E-state index contributed by atoms with van der Waals surface area (Å²) in [5.41, 5.74) is 1.04. The zero-order valence-corrected chi connectivity index (χ0v) is 18.4. The lowest BCUT2D eigenvalue weighted by Crippen LogP contribution is -2.47. The van der Waals surface area contributed by atoms with Crippen LogP contribution in [-0.2, 0) is 16.0 Å². The van der Waals surface area contributed by atoms with E-state index in [4.69, 9.17) is 0 Å². The van der Waals surface area contributed by atoms with E-state index in [1.54, 1.807) is 6.92 Å². The molecule has 5 rings (SSSR count). The van der Waals surface area contributed by atoms with Crippen LogP contribution in [0.3, 0.4) is 0 Å². The second-order valence-corrected chi connectivity index (χ2v) is 11.4. The van der Waals surface area contributed by atoms with Crippen LogP contribution in [-0.4, -0.2) is 13.2 Å². The van der Waals surface area contributed by atoms with Crippen LogP contribution in [0.25, 0.3) is 16.8 Å². The van der Waals surface area contributed by atoms with Gasteiger partial charge in [0.2, 0.25) is 0 Å². The predicted octanol–water partition coefficient (Wildman–Crippen LogP) is 7.00. The van der Waals surface area contributed by atoms with E-state index in [0.717, 1.165) is 40.5 Å². The molecule has 0 amide bonds. The zero-order valence-electron chi connectivity index (χ0n) is 17.6. The molecule has 0 spiro atoms. The normalized spacial score (nSPS) is 25.4. The van der Waals surface area contributed by atoms with Gasteiger partial charge in [-0.2, -0.15) is 13.2 Å². The van der Waals surface area contributed by atoms with Gasteiger partial charge in [-0.15, -0.1) is 0 Å². The molecule has 0 N–H and O–H groups in total. The van der Waals surface area contributed by atoms with Gasteiger partial charge in [0.1, 0.15) is 0 Å². The van der Waals surface area contributed by atoms with Crippen molar-refractivity contribution in [2.75, 3.05) is 0 Å². The lowest BCUT2D eigenvalue weighted by atomic mass is 9.65. The van der Waals surface area contributed by atoms with Crippen LogP contribution < -0.4 is 0 Å². The summed E-state index contributed by atoms with van der Waals surface area (Å²) in [6.45, 7) is 1.72. The molecule has 0 aliphatic heterocycles. The van der Waals surface area contributed by atoms with E-state index in [9.17, 15) is 21.6 Å². The number of fused-ring (bicyclic) bond motifs is 5. The maximum absolute atomic E-state index is 13.9. The summed E-state index contributed by atoms with van der Waals surface area (Å²) in [5.74, 6) is -0.289. The summed E-state index contributed by atoms with van der Waals surface area (Å²) in [5, 5.41) is 2.14. The number of benzene rings is 3. The van der Waals surface area contributed by atoms with Crippen molar-refractivity contribution < 1.29 is 21.6 Å². The number of halogens is 3. The Morgan fingerprint density at radius 2 is 1.78 bits per heavy atom. The first-order valence-electron chi connectivity index (χ1n) is 10.7. The number of hydrogen-bond acceptors (Lipinski definition) is 2. The Kier molecular flexibility index (Phi) is 4.79. The lowest BCUT2D eigenvalue weighted by molar-refractivity contribution is -0.137. The minimum Gasteiger partial charge on any atom is -0.223 e. The first kappa shape index (κ1) is 21.3. The van der Waals surface area contributed by atoms with E-state index in [1.165, 1.54) is 12.1 Å². The van der Waals surface area contributed by atoms with Gasteiger partial charge >= 0.3 is 6.18 Å². The smallest absolute Gasteiger partial charge is 0.223 e. The van der Waals surface area contributed by atoms with Crippen molar-refractivity contribution in [3.8, 4) is 0 Å². The molecule has 3 atom stereocenters. The van der Waals surface area contributed by atoms with Gasteiger partial charge in [0.05, 0.1) is 15.2 Å². The summed E-state index contributed by atoms with van der Waals surface area (Å²) in [7, 11) is -4.04. The molecule has 2 aliphatic rings. The van der Waals surface area contributed by atoms with Crippen LogP contribution in [0, 0.1) is 5.92 Å². The van der Waals surface area contributed by atoms with Gasteiger partial charge in [-0.1, -0.05) is 61.0 Å². The molecule has 0 radical (unpaired) electrons. The molecule has 0 saturated heterocycles. The van der Waals surface area contributed by atoms with Crippen LogP contribution in [0.2, 0.25) is 0 Å². The van der Waals surface area contributed by atoms with Gasteiger partial charge in [0.25, 0.3) is 0 Å². The first-order chi connectivity index (χ1) is 15.1. The Morgan fingerprint density at radius 1 is 1.00 bits per heavy atom. The Morgan fingerprint density at radius 3 is 2.56 bits per heavy atom. The summed E-state index contributed by atoms with van der Waals surface area (Å²) < 4.78 is 66.6. The van der Waals surface area contributed by atoms with Gasteiger partial charge in [0, 0.05) is 5.92 Å². The van der Waals surface area contributed by atoms with Crippen LogP contribution in [0.1, 0.15) is 48.8 Å². The maximum Gasteiger partial charge on any atom is 0.416 e. The van der Waals surface area contributed by atoms with Crippen LogP contribution in [0.4, 0.5) is 13.2 Å². The largest absolute Gasteiger partial charge is 0.416 e. The van der Waals surface area contributed by atoms with Gasteiger partial charge in [-0.3, -0.25) is 0 Å². The minimum absolute atomic E-state index is 0.0305. The highest BCUT2D eigenvalue weighted by Gasteiger charge is 2.53. The van der Waals surface area contributed by atoms with Crippen LogP contribution in [0.15, 0.2) is 71.6 Å². The number of hydrogen-bond donors (Lipinski definition) is 0. The second-order valence-electron chi connectivity index (χ2n) is 9.02. The van der Waals surface area contributed by atoms with E-state index in [-0.39, 0.29) is 16.7 Å². The Labute approximate surface area is 185 Å². The van der Waals surface area contributed by atoms with Crippen molar-refractivity contribution in [2.45, 2.75) is 47.9 Å². The molecule has 32 heavy (non-hydrogen) atoms. The third-order valence-electron chi connectivity index (χ3n) is 7.23. The first-order valence-corrected chi connectivity index (χ1v) is 12.2. The monoisotopic (exact) mass is 456 g/mol. The van der Waals surface area contributed by atoms with E-state index in [2.05, 4.69) is 12.2 Å². The molecular weight excluding hydrogens is 433 g/mol. The Balaban J connectivity index is 1.69. The molecule has 0 heterocycles. The van der Waals surface area contributed by atoms with Crippen LogP contribution in [0.5, 0.6) is 0 Å². The molecule has 3 unspecified atom stereocenters. The maximum atomic E-state index is 13.9. The standard InChI is InChI=1S/C26H23F3O2S/c1-25(32(30,31)20-9-4-8-19(16-20)26(27,28)29)15-5-7-18-12-13-22-21-10-3-2-6-17(21)11-14-23(22)24(18)25/h2-4,6,8-14,16,18,24H,5,7,15H2,1H3. The van der Waals surface area contributed by atoms with Crippen molar-refractivity contribution in [1.29, 1.82) is 0 Å². The highest BCUT2D eigenvalue weighted by Crippen LogP contribution is 2.54. The summed E-state index contributed by atoms with van der Waals surface area (Å²) in [6, 6.07) is 16.2. The average Bonchev–Trinajstić information content (AvgIpc) is 2.78. The molecule has 6 heteroatoms. The van der Waals surface area contributed by atoms with Gasteiger partial charge in [-0.25, -0.2) is 8.42 Å². The quantitative estimate of drug-likeness (QED) is 0.416. The predicted molar refractivity (Wildman–Crippen MR) is 120 cm³/mol. The SMILES string of the molecule is CC1(S(=O)(=O)c2cccc(C(F)(F)F)c2)CCCC2C=Cc3c(ccc4ccccc34)C21. The van der Waals surface area contributed by atoms with Crippen molar-refractivity contribution in [3.05, 3.63) is 83.4 Å². The molecule has 1 fully saturated rings. The second kappa shape index (κ2) is 7.20. The Bertz CT molecular complexity index is 1340. The summed E-state index contributed by atoms with van der Waals surface area (Å²) in [6.07, 6.45) is 1.57. The Hall–Kier alpha value is -2.60. The van der Waals surface area contributed by atoms with Crippen LogP contribution >= 0.6 is 0 Å². The molecule has 2 nitrogen and oxygen atoms in total. The molecule has 3 aromatic rings. The van der Waals surface area contributed by atoms with Crippen molar-refractivity contribution >= 4 is 26.7 Å². The van der Waals surface area contributed by atoms with E-state index in [0.29, 0.717) is 12.8 Å². The molecule has 3 aromatic carbocycles. The number of sulfone groups is 1. The van der Waals surface area contributed by atoms with Crippen molar-refractivity contribution in [1.82, 2.24) is 0 Å². The zero-order chi connectivity index (χ0) is 22.7. The van der Waals surface area contributed by atoms with Gasteiger partial charge in [0.15, 0.2) is 9.84 Å². The number of allylic oxidation sites excluding steroid dienone is 1. The minimum atomic E-state index is -4.60. The van der Waals surface area contributed by atoms with Gasteiger partial charge < -0.3 is 0 Å². The van der Waals surface area contributed by atoms with Crippen molar-refractivity contribution in [3.63, 3.8) is 0 Å². The highest BCUT2D eigenvalue weighted by atomic mass is 32.2. The fourth-order valence-electron chi connectivity index (χ4n) is 5.63. The average molecular weight is 457 g/mol. The van der Waals surface area contributed by atoms with E-state index in [1.807, 2.05) is 36.4 Å². The third kappa shape index (κ3) is 3.11. The van der Waals surface area contributed by atoms with Crippen molar-refractivity contribution in [2.24, 2.45) is 5.92 Å². The molecule has 0 bridgehead atoms. The molecule has 0 aromatic heterocycles. The molecular formula is C26H23F3O2S. The molecule has 2 aliphatic carbocycles. The van der Waals surface area contributed by atoms with E-state index < -0.39 is 26.3 Å². The van der Waals surface area contributed by atoms with E-state index >= 15 is 0 Å². The third-order valence-corrected chi connectivity index (χ3v) is 9.79. The summed E-state index contributed by atoms with van der Waals surface area (Å²) in [4.78, 5) is -0.257. The lowest BCUT2D eigenvalue weighted by Gasteiger charge is -2.47. The van der Waals surface area contributed by atoms with Gasteiger partial charge in [-0.05, 0) is 65.8 Å². The fourth-order valence-corrected chi connectivity index (χ4v) is 7.76.